The first-order valence-electron chi connectivity index (χ1n) is 13.8. The number of imidazole rings is 1. The number of fused-ring (bicyclic) bond motifs is 1. The molecule has 0 saturated carbocycles. The number of rotatable bonds is 12. The van der Waals surface area contributed by atoms with Crippen LogP contribution >= 0.6 is 23.2 Å². The second-order valence-corrected chi connectivity index (χ2v) is 15.2. The molecule has 1 saturated heterocycles. The highest BCUT2D eigenvalue weighted by molar-refractivity contribution is 7.71. The molecule has 1 fully saturated rings. The van der Waals surface area contributed by atoms with Gasteiger partial charge in [-0.2, -0.15) is 17.5 Å². The average molecular weight is 768 g/mol. The Balaban J connectivity index is 1.30. The smallest absolute Gasteiger partial charge is 0.488 e. The molecule has 4 aromatic rings. The number of ether oxygens (including phenoxy) is 3. The summed E-state index contributed by atoms with van der Waals surface area (Å²) in [6.07, 6.45) is -7.64. The maximum atomic E-state index is 13.1. The van der Waals surface area contributed by atoms with Crippen LogP contribution in [0.3, 0.4) is 0 Å². The molecule has 5 rings (SSSR count). The fourth-order valence-corrected chi connectivity index (χ4v) is 8.55. The fourth-order valence-electron chi connectivity index (χ4n) is 4.58. The van der Waals surface area contributed by atoms with E-state index in [0.717, 1.165) is 30.6 Å². The molecule has 0 bridgehead atoms. The molecule has 1 aliphatic heterocycles. The van der Waals surface area contributed by atoms with Crippen LogP contribution < -0.4 is 21.1 Å². The summed E-state index contributed by atoms with van der Waals surface area (Å²) in [4.78, 5) is 55.2. The van der Waals surface area contributed by atoms with Crippen LogP contribution in [0.15, 0.2) is 61.2 Å². The van der Waals surface area contributed by atoms with Gasteiger partial charge in [0.25, 0.3) is 0 Å². The fraction of sp³-hybridized carbons (Fsp3) is 0.280. The monoisotopic (exact) mass is 768 g/mol. The highest BCUT2D eigenvalue weighted by Crippen LogP contribution is 2.67. The first-order chi connectivity index (χ1) is 23.4. The maximum Gasteiger partial charge on any atom is 0.488 e. The van der Waals surface area contributed by atoms with Gasteiger partial charge in [0.1, 0.15) is 36.0 Å². The average Bonchev–Trinajstić information content (AvgIpc) is 3.63. The van der Waals surface area contributed by atoms with Crippen molar-refractivity contribution < 1.29 is 73.7 Å². The summed E-state index contributed by atoms with van der Waals surface area (Å²) < 4.78 is 108. The van der Waals surface area contributed by atoms with Crippen molar-refractivity contribution in [2.75, 3.05) is 24.8 Å². The summed E-state index contributed by atoms with van der Waals surface area (Å²) >= 11 is 0. The van der Waals surface area contributed by atoms with Gasteiger partial charge in [-0.15, -0.1) is 0 Å². The molecule has 6 unspecified atom stereocenters. The van der Waals surface area contributed by atoms with Crippen molar-refractivity contribution in [3.63, 3.8) is 0 Å². The summed E-state index contributed by atoms with van der Waals surface area (Å²) in [6.45, 7) is -0.981. The topological polar surface area (TPSA) is 266 Å². The number of nitrogens with two attached hydrogens (primary N) is 1. The number of amides is 1. The number of methoxy groups -OCH3 is 1. The van der Waals surface area contributed by atoms with Gasteiger partial charge in [-0.1, -0.05) is 6.07 Å². The second-order valence-electron chi connectivity index (χ2n) is 10.2. The zero-order valence-electron chi connectivity index (χ0n) is 25.2. The molecule has 0 radical (unpaired) electrons. The maximum absolute atomic E-state index is 13.1. The van der Waals surface area contributed by atoms with Crippen LogP contribution in [0.5, 0.6) is 5.75 Å². The molecule has 1 amide bonds. The minimum atomic E-state index is -5.79. The number of phosphoric ester groups is 1. The minimum absolute atomic E-state index is 0.0216. The van der Waals surface area contributed by atoms with Crippen LogP contribution in [0.25, 0.3) is 11.2 Å². The number of hydrogen-bond donors (Lipinski definition) is 5. The number of benzene rings is 2. The summed E-state index contributed by atoms with van der Waals surface area (Å²) in [5, 5.41) is 1.66. The van der Waals surface area contributed by atoms with E-state index in [2.05, 4.69) is 28.9 Å². The highest BCUT2D eigenvalue weighted by Gasteiger charge is 2.45. The van der Waals surface area contributed by atoms with E-state index in [9.17, 15) is 46.3 Å². The Kier molecular flexibility index (Phi) is 10.7. The first-order valence-corrected chi connectivity index (χ1v) is 18.4. The van der Waals surface area contributed by atoms with E-state index in [0.29, 0.717) is 6.07 Å². The Hall–Kier alpha value is -3.94. The molecule has 2 aromatic carbocycles. The Labute approximate surface area is 278 Å². The molecule has 6 N–H and O–H groups in total. The number of nitrogens with one attached hydrogen (secondary N) is 1. The lowest BCUT2D eigenvalue weighted by Gasteiger charge is -2.22. The van der Waals surface area contributed by atoms with Gasteiger partial charge < -0.3 is 34.6 Å². The molecule has 0 spiro atoms. The molecule has 270 valence electrons. The number of carbonyl (C=O) groups is 1. The largest absolute Gasteiger partial charge is 0.497 e. The van der Waals surface area contributed by atoms with Gasteiger partial charge in [0.15, 0.2) is 11.5 Å². The van der Waals surface area contributed by atoms with Crippen LogP contribution in [0.1, 0.15) is 18.2 Å². The summed E-state index contributed by atoms with van der Waals surface area (Å²) in [5.41, 5.74) is 4.86. The van der Waals surface area contributed by atoms with Gasteiger partial charge in [0.2, 0.25) is 0 Å². The third-order valence-electron chi connectivity index (χ3n) is 6.79. The van der Waals surface area contributed by atoms with E-state index < -0.39 is 71.4 Å². The summed E-state index contributed by atoms with van der Waals surface area (Å²) in [7, 11) is -15.2. The van der Waals surface area contributed by atoms with Crippen molar-refractivity contribution in [3.8, 4) is 5.75 Å². The third kappa shape index (κ3) is 9.04. The number of phosphoric acid groups is 2. The van der Waals surface area contributed by atoms with Gasteiger partial charge in [-0.3, -0.25) is 19.0 Å². The number of nitrogens with zero attached hydrogens (tertiary/aromatic N) is 4. The Morgan fingerprint density at radius 2 is 1.78 bits per heavy atom. The molecule has 25 heteroatoms. The van der Waals surface area contributed by atoms with E-state index in [1.807, 2.05) is 0 Å². The van der Waals surface area contributed by atoms with E-state index in [-0.39, 0.29) is 34.8 Å². The lowest BCUT2D eigenvalue weighted by molar-refractivity contribution is -0.137. The van der Waals surface area contributed by atoms with E-state index in [1.54, 1.807) is 0 Å². The first kappa shape index (κ1) is 37.3. The number of hydrogen-bond acceptors (Lipinski definition) is 14. The van der Waals surface area contributed by atoms with Crippen LogP contribution in [-0.4, -0.2) is 66.2 Å². The van der Waals surface area contributed by atoms with Gasteiger partial charge >= 0.3 is 35.5 Å². The Morgan fingerprint density at radius 3 is 2.46 bits per heavy atom. The van der Waals surface area contributed by atoms with Gasteiger partial charge in [-0.05, 0) is 42.5 Å². The molecule has 50 heavy (non-hydrogen) atoms. The molecular formula is C25H26F3N6O13P3. The Bertz CT molecular complexity index is 2020. The third-order valence-corrected chi connectivity index (χ3v) is 11.6. The summed E-state index contributed by atoms with van der Waals surface area (Å²) in [6, 6.07) is 8.23. The molecule has 0 aliphatic carbocycles. The predicted molar refractivity (Wildman–Crippen MR) is 164 cm³/mol. The Morgan fingerprint density at radius 1 is 1.06 bits per heavy atom. The zero-order chi connectivity index (χ0) is 36.5. The number of carbonyl (C=O) groups excluding carboxylic acids is 1. The van der Waals surface area contributed by atoms with Gasteiger partial charge in [0.05, 0.1) is 30.9 Å². The van der Waals surface area contributed by atoms with Crippen LogP contribution in [0.2, 0.25) is 0 Å². The zero-order valence-corrected chi connectivity index (χ0v) is 27.9. The van der Waals surface area contributed by atoms with Crippen molar-refractivity contribution >= 4 is 57.3 Å². The predicted octanol–water partition coefficient (Wildman–Crippen LogP) is 4.10. The minimum Gasteiger partial charge on any atom is -0.497 e. The lowest BCUT2D eigenvalue weighted by Crippen LogP contribution is -2.32. The SMILES string of the molecule is COc1ccc(P(=O)(O)OP(=O)(O)OP(=O)(O)OCC2OC(n3cnc4c(N)ncnc43)CC2OC(=O)Nc2cccc(C(F)(F)F)c2)cc1. The van der Waals surface area contributed by atoms with Crippen LogP contribution in [0.4, 0.5) is 29.5 Å². The van der Waals surface area contributed by atoms with Crippen molar-refractivity contribution in [2.45, 2.75) is 31.0 Å². The molecule has 2 aromatic heterocycles. The van der Waals surface area contributed by atoms with Crippen molar-refractivity contribution in [3.05, 3.63) is 66.7 Å². The normalized spacial score (nSPS) is 21.5. The summed E-state index contributed by atoms with van der Waals surface area (Å²) in [5.74, 6) is 0.296. The van der Waals surface area contributed by atoms with E-state index in [1.165, 1.54) is 36.2 Å². The highest BCUT2D eigenvalue weighted by atomic mass is 31.3. The number of alkyl halides is 3. The van der Waals surface area contributed by atoms with Gasteiger partial charge in [0, 0.05) is 12.1 Å². The van der Waals surface area contributed by atoms with Gasteiger partial charge in [-0.25, -0.2) is 33.2 Å². The van der Waals surface area contributed by atoms with E-state index >= 15 is 0 Å². The second kappa shape index (κ2) is 14.4. The van der Waals surface area contributed by atoms with Crippen LogP contribution in [-0.2, 0) is 42.5 Å². The molecule has 1 aliphatic rings. The number of aromatic nitrogens is 4. The van der Waals surface area contributed by atoms with Crippen molar-refractivity contribution in [1.29, 1.82) is 0 Å². The van der Waals surface area contributed by atoms with Crippen molar-refractivity contribution in [2.24, 2.45) is 0 Å². The number of nitrogen functional groups attached to an aromatic ring is 1. The lowest BCUT2D eigenvalue weighted by atomic mass is 10.2. The van der Waals surface area contributed by atoms with E-state index in [4.69, 9.17) is 24.5 Å². The standard InChI is InChI=1S/C25H26F3N6O13P3/c1-42-16-5-7-17(8-6-16)48(36,37)46-50(40,41)47-49(38,39)43-11-19-18(45-24(35)33-15-4-2-3-14(9-15)25(26,27)28)10-20(44-19)34-13-32-21-22(29)30-12-31-23(21)34/h2-9,12-13,18-20H,10-11H2,1H3,(H,33,35)(H,36,37)(H,38,39)(H,40,41)(H2,29,30,31). The molecule has 6 atom stereocenters. The number of halogens is 3. The molecular weight excluding hydrogens is 742 g/mol. The molecule has 19 nitrogen and oxygen atoms in total. The van der Waals surface area contributed by atoms with Crippen LogP contribution in [0, 0.1) is 0 Å². The molecule has 3 heterocycles. The quantitative estimate of drug-likeness (QED) is 0.127. The number of anilines is 2. The van der Waals surface area contributed by atoms with Crippen molar-refractivity contribution in [1.82, 2.24) is 19.5 Å².